The Balaban J connectivity index is 1.63. The Hall–Kier alpha value is -4.21. The molecule has 192 valence electrons. The van der Waals surface area contributed by atoms with Gasteiger partial charge >= 0.3 is 0 Å². The standard InChI is InChI=1S/C27H30FN7O2/c1-5-19(6-2)35-23(12-13-30-35)26(36)32-25(18-10-8-7-9-11-18)27(37)31-22-15-29-21(14-20(22)28)24-16(3)33-34-17(24)4/h5-6,12-15,18-19H,1-2,7-11H2,3-4H3,(H,31,37)(H,33,34). The highest BCUT2D eigenvalue weighted by atomic mass is 19.1. The van der Waals surface area contributed by atoms with Crippen LogP contribution in [0.25, 0.3) is 11.3 Å². The highest BCUT2D eigenvalue weighted by Crippen LogP contribution is 2.28. The van der Waals surface area contributed by atoms with E-state index in [1.54, 1.807) is 19.1 Å². The molecule has 10 heteroatoms. The second kappa shape index (κ2) is 11.2. The number of nitrogens with one attached hydrogen (secondary N) is 2. The van der Waals surface area contributed by atoms with Gasteiger partial charge in [-0.05, 0) is 32.8 Å². The van der Waals surface area contributed by atoms with Gasteiger partial charge in [-0.1, -0.05) is 31.4 Å². The minimum absolute atomic E-state index is 0.0798. The molecule has 0 unspecified atom stereocenters. The van der Waals surface area contributed by atoms with Crippen LogP contribution < -0.4 is 5.32 Å². The van der Waals surface area contributed by atoms with Crippen LogP contribution in [-0.2, 0) is 4.79 Å². The Bertz CT molecular complexity index is 1340. The Morgan fingerprint density at radius 2 is 1.97 bits per heavy atom. The van der Waals surface area contributed by atoms with E-state index in [0.717, 1.165) is 37.8 Å². The Labute approximate surface area is 214 Å². The number of halogens is 1. The van der Waals surface area contributed by atoms with E-state index in [2.05, 4.69) is 43.7 Å². The smallest absolute Gasteiger partial charge is 0.295 e. The molecule has 0 atom stereocenters. The van der Waals surface area contributed by atoms with Crippen LogP contribution in [0.4, 0.5) is 10.1 Å². The van der Waals surface area contributed by atoms with Gasteiger partial charge in [-0.15, -0.1) is 13.2 Å². The second-order valence-corrected chi connectivity index (χ2v) is 9.07. The van der Waals surface area contributed by atoms with Gasteiger partial charge in [0.1, 0.15) is 17.2 Å². The van der Waals surface area contributed by atoms with Crippen molar-refractivity contribution in [2.75, 3.05) is 5.32 Å². The van der Waals surface area contributed by atoms with Gasteiger partial charge in [-0.25, -0.2) is 14.1 Å². The molecule has 4 rings (SSSR count). The van der Waals surface area contributed by atoms with Crippen LogP contribution in [0.15, 0.2) is 54.8 Å². The number of pyridine rings is 1. The largest absolute Gasteiger partial charge is 0.317 e. The van der Waals surface area contributed by atoms with Gasteiger partial charge in [0.05, 0.1) is 29.3 Å². The van der Waals surface area contributed by atoms with Gasteiger partial charge in [-0.3, -0.25) is 19.7 Å². The molecule has 1 aliphatic rings. The van der Waals surface area contributed by atoms with Gasteiger partial charge in [-0.2, -0.15) is 10.2 Å². The first kappa shape index (κ1) is 25.9. The van der Waals surface area contributed by atoms with E-state index in [1.807, 2.05) is 6.92 Å². The summed E-state index contributed by atoms with van der Waals surface area (Å²) in [6, 6.07) is 2.38. The summed E-state index contributed by atoms with van der Waals surface area (Å²) in [7, 11) is 0. The molecule has 0 bridgehead atoms. The van der Waals surface area contributed by atoms with E-state index in [1.165, 1.54) is 29.2 Å². The molecular formula is C27H30FN7O2. The number of anilines is 1. The fourth-order valence-electron chi connectivity index (χ4n) is 4.66. The molecule has 0 radical (unpaired) electrons. The Morgan fingerprint density at radius 1 is 1.24 bits per heavy atom. The Kier molecular flexibility index (Phi) is 7.86. The number of nitrogens with zero attached hydrogens (tertiary/aromatic N) is 5. The molecule has 1 saturated carbocycles. The normalized spacial score (nSPS) is 14.5. The van der Waals surface area contributed by atoms with Gasteiger partial charge in [0.15, 0.2) is 0 Å². The number of amides is 2. The zero-order chi connectivity index (χ0) is 26.5. The molecule has 0 aliphatic heterocycles. The fourth-order valence-corrected chi connectivity index (χ4v) is 4.66. The zero-order valence-corrected chi connectivity index (χ0v) is 21.0. The van der Waals surface area contributed by atoms with Crippen LogP contribution in [0, 0.1) is 25.6 Å². The molecule has 1 aliphatic carbocycles. The quantitative estimate of drug-likeness (QED) is 0.326. The number of hydrogen-bond acceptors (Lipinski definition) is 5. The van der Waals surface area contributed by atoms with Crippen molar-refractivity contribution in [1.29, 1.82) is 0 Å². The van der Waals surface area contributed by atoms with Gasteiger partial charge < -0.3 is 5.32 Å². The maximum Gasteiger partial charge on any atom is 0.295 e. The number of aryl methyl sites for hydroxylation is 2. The van der Waals surface area contributed by atoms with E-state index in [9.17, 15) is 9.59 Å². The molecule has 3 aromatic rings. The number of H-pyrrole nitrogens is 1. The van der Waals surface area contributed by atoms with Crippen LogP contribution in [0.5, 0.6) is 0 Å². The summed E-state index contributed by atoms with van der Waals surface area (Å²) in [5, 5.41) is 13.7. The SMILES string of the molecule is C=CC(C=C)n1nccc1C(=O)N=C(C(=O)Nc1cnc(-c2c(C)n[nH]c2C)cc1F)C1CCCCC1. The molecule has 0 spiro atoms. The minimum atomic E-state index is -0.648. The summed E-state index contributed by atoms with van der Waals surface area (Å²) in [6.45, 7) is 11.1. The van der Waals surface area contributed by atoms with Gasteiger partial charge in [0.25, 0.3) is 11.8 Å². The predicted octanol–water partition coefficient (Wildman–Crippen LogP) is 5.14. The van der Waals surface area contributed by atoms with E-state index < -0.39 is 23.7 Å². The average molecular weight is 504 g/mol. The van der Waals surface area contributed by atoms with Crippen molar-refractivity contribution in [3.05, 3.63) is 72.7 Å². The third-order valence-electron chi connectivity index (χ3n) is 6.59. The summed E-state index contributed by atoms with van der Waals surface area (Å²) < 4.78 is 16.5. The first-order chi connectivity index (χ1) is 17.8. The van der Waals surface area contributed by atoms with Crippen molar-refractivity contribution in [3.8, 4) is 11.3 Å². The number of aliphatic imine (C=N–C) groups is 1. The lowest BCUT2D eigenvalue weighted by atomic mass is 9.85. The van der Waals surface area contributed by atoms with Crippen molar-refractivity contribution in [3.63, 3.8) is 0 Å². The molecule has 0 aromatic carbocycles. The number of allylic oxidation sites excluding steroid dienone is 2. The number of hydrogen-bond donors (Lipinski definition) is 2. The highest BCUT2D eigenvalue weighted by Gasteiger charge is 2.28. The fraction of sp³-hybridized carbons (Fsp3) is 0.333. The summed E-state index contributed by atoms with van der Waals surface area (Å²) in [6.07, 6.45) is 10.3. The molecule has 2 N–H and O–H groups in total. The second-order valence-electron chi connectivity index (χ2n) is 9.07. The maximum absolute atomic E-state index is 15.1. The van der Waals surface area contributed by atoms with E-state index in [0.29, 0.717) is 17.0 Å². The van der Waals surface area contributed by atoms with Crippen LogP contribution in [0.2, 0.25) is 0 Å². The Morgan fingerprint density at radius 3 is 2.59 bits per heavy atom. The molecule has 0 saturated heterocycles. The number of rotatable bonds is 8. The number of carbonyl (C=O) groups is 2. The van der Waals surface area contributed by atoms with Crippen LogP contribution >= 0.6 is 0 Å². The van der Waals surface area contributed by atoms with Crippen LogP contribution in [0.3, 0.4) is 0 Å². The zero-order valence-electron chi connectivity index (χ0n) is 21.0. The van der Waals surface area contributed by atoms with Crippen molar-refractivity contribution >= 4 is 23.2 Å². The topological polar surface area (TPSA) is 118 Å². The molecule has 3 heterocycles. The summed E-state index contributed by atoms with van der Waals surface area (Å²) >= 11 is 0. The molecule has 2 amide bonds. The average Bonchev–Trinajstić information content (AvgIpc) is 3.51. The van der Waals surface area contributed by atoms with E-state index >= 15 is 4.39 Å². The third-order valence-corrected chi connectivity index (χ3v) is 6.59. The first-order valence-electron chi connectivity index (χ1n) is 12.2. The molecular weight excluding hydrogens is 473 g/mol. The molecule has 9 nitrogen and oxygen atoms in total. The van der Waals surface area contributed by atoms with E-state index in [4.69, 9.17) is 0 Å². The summed E-state index contributed by atoms with van der Waals surface area (Å²) in [5.74, 6) is -2.10. The lowest BCUT2D eigenvalue weighted by Crippen LogP contribution is -2.32. The monoisotopic (exact) mass is 503 g/mol. The third kappa shape index (κ3) is 5.47. The van der Waals surface area contributed by atoms with E-state index in [-0.39, 0.29) is 23.0 Å². The van der Waals surface area contributed by atoms with Crippen molar-refractivity contribution in [1.82, 2.24) is 25.0 Å². The van der Waals surface area contributed by atoms with Crippen molar-refractivity contribution in [2.45, 2.75) is 52.0 Å². The molecule has 1 fully saturated rings. The predicted molar refractivity (Wildman–Crippen MR) is 140 cm³/mol. The maximum atomic E-state index is 15.1. The lowest BCUT2D eigenvalue weighted by Gasteiger charge is -2.23. The van der Waals surface area contributed by atoms with Gasteiger partial charge in [0, 0.05) is 29.4 Å². The highest BCUT2D eigenvalue weighted by molar-refractivity contribution is 6.45. The van der Waals surface area contributed by atoms with Crippen molar-refractivity contribution < 1.29 is 14.0 Å². The minimum Gasteiger partial charge on any atom is -0.317 e. The number of aromatic nitrogens is 5. The molecule has 37 heavy (non-hydrogen) atoms. The first-order valence-corrected chi connectivity index (χ1v) is 12.2. The van der Waals surface area contributed by atoms with Gasteiger partial charge in [0.2, 0.25) is 0 Å². The molecule has 3 aromatic heterocycles. The number of aromatic amines is 1. The summed E-state index contributed by atoms with van der Waals surface area (Å²) in [4.78, 5) is 35.1. The lowest BCUT2D eigenvalue weighted by molar-refractivity contribution is -0.110. The van der Waals surface area contributed by atoms with Crippen LogP contribution in [0.1, 0.15) is 60.0 Å². The summed E-state index contributed by atoms with van der Waals surface area (Å²) in [5.41, 5.74) is 2.77. The van der Waals surface area contributed by atoms with Crippen molar-refractivity contribution in [2.24, 2.45) is 10.9 Å². The van der Waals surface area contributed by atoms with Crippen LogP contribution in [-0.4, -0.2) is 42.5 Å². The number of carbonyl (C=O) groups excluding carboxylic acids is 2.